The van der Waals surface area contributed by atoms with E-state index in [1.165, 1.54) is 0 Å². The molecule has 0 heterocycles. The first-order chi connectivity index (χ1) is 11.6. The van der Waals surface area contributed by atoms with E-state index in [2.05, 4.69) is 10.6 Å². The molecule has 24 heavy (non-hydrogen) atoms. The Morgan fingerprint density at radius 1 is 1.04 bits per heavy atom. The number of rotatable bonds is 5. The van der Waals surface area contributed by atoms with Crippen LogP contribution in [0.1, 0.15) is 22.8 Å². The highest BCUT2D eigenvalue weighted by Gasteiger charge is 2.08. The highest BCUT2D eigenvalue weighted by atomic mass is 32.1. The standard InChI is InChI=1S/C18H18N2O3S/c1-2-23-17(22)14-8-10-15(11-9-14)19-18(24)20-16(21)12-13-6-4-3-5-7-13/h3-11H,2,12H2,1H3,(H2,19,20,21,24). The zero-order chi connectivity index (χ0) is 17.4. The van der Waals surface area contributed by atoms with Crippen LogP contribution in [0.5, 0.6) is 0 Å². The van der Waals surface area contributed by atoms with E-state index >= 15 is 0 Å². The maximum atomic E-state index is 11.9. The summed E-state index contributed by atoms with van der Waals surface area (Å²) < 4.78 is 4.92. The van der Waals surface area contributed by atoms with Gasteiger partial charge in [-0.1, -0.05) is 30.3 Å². The molecular weight excluding hydrogens is 324 g/mol. The lowest BCUT2D eigenvalue weighted by molar-refractivity contribution is -0.119. The molecule has 0 aliphatic heterocycles. The molecule has 2 rings (SSSR count). The lowest BCUT2D eigenvalue weighted by Gasteiger charge is -2.10. The van der Waals surface area contributed by atoms with Crippen LogP contribution in [0.2, 0.25) is 0 Å². The third-order valence-electron chi connectivity index (χ3n) is 3.11. The summed E-state index contributed by atoms with van der Waals surface area (Å²) in [6.45, 7) is 2.08. The molecule has 1 amide bonds. The highest BCUT2D eigenvalue weighted by Crippen LogP contribution is 2.10. The van der Waals surface area contributed by atoms with Crippen molar-refractivity contribution in [3.05, 3.63) is 65.7 Å². The maximum Gasteiger partial charge on any atom is 0.338 e. The van der Waals surface area contributed by atoms with Crippen LogP contribution >= 0.6 is 12.2 Å². The molecule has 5 nitrogen and oxygen atoms in total. The van der Waals surface area contributed by atoms with Crippen molar-refractivity contribution in [1.82, 2.24) is 5.32 Å². The second kappa shape index (κ2) is 8.79. The van der Waals surface area contributed by atoms with Gasteiger partial charge < -0.3 is 15.4 Å². The minimum Gasteiger partial charge on any atom is -0.462 e. The van der Waals surface area contributed by atoms with Gasteiger partial charge in [0, 0.05) is 5.69 Å². The molecule has 2 aromatic rings. The van der Waals surface area contributed by atoms with Crippen molar-refractivity contribution < 1.29 is 14.3 Å². The first kappa shape index (κ1) is 17.6. The van der Waals surface area contributed by atoms with Gasteiger partial charge in [-0.2, -0.15) is 0 Å². The van der Waals surface area contributed by atoms with Crippen molar-refractivity contribution in [3.8, 4) is 0 Å². The van der Waals surface area contributed by atoms with Gasteiger partial charge in [-0.15, -0.1) is 0 Å². The predicted octanol–water partition coefficient (Wildman–Crippen LogP) is 2.92. The van der Waals surface area contributed by atoms with Crippen LogP contribution in [0.25, 0.3) is 0 Å². The summed E-state index contributed by atoms with van der Waals surface area (Å²) >= 11 is 5.12. The van der Waals surface area contributed by atoms with Crippen molar-refractivity contribution in [2.45, 2.75) is 13.3 Å². The summed E-state index contributed by atoms with van der Waals surface area (Å²) in [7, 11) is 0. The predicted molar refractivity (Wildman–Crippen MR) is 96.9 cm³/mol. The number of nitrogens with one attached hydrogen (secondary N) is 2. The van der Waals surface area contributed by atoms with E-state index in [1.807, 2.05) is 30.3 Å². The summed E-state index contributed by atoms with van der Waals surface area (Å²) in [5, 5.41) is 5.74. The lowest BCUT2D eigenvalue weighted by Crippen LogP contribution is -2.35. The number of carbonyl (C=O) groups excluding carboxylic acids is 2. The highest BCUT2D eigenvalue weighted by molar-refractivity contribution is 7.80. The van der Waals surface area contributed by atoms with Crippen LogP contribution in [0.15, 0.2) is 54.6 Å². The molecule has 0 saturated heterocycles. The fourth-order valence-corrected chi connectivity index (χ4v) is 2.25. The van der Waals surface area contributed by atoms with Gasteiger partial charge >= 0.3 is 5.97 Å². The Balaban J connectivity index is 1.85. The number of hydrogen-bond donors (Lipinski definition) is 2. The number of carbonyl (C=O) groups is 2. The maximum absolute atomic E-state index is 11.9. The third-order valence-corrected chi connectivity index (χ3v) is 3.32. The van der Waals surface area contributed by atoms with Gasteiger partial charge in [-0.3, -0.25) is 4.79 Å². The molecule has 0 bridgehead atoms. The molecule has 0 fully saturated rings. The number of thiocarbonyl (C=S) groups is 1. The van der Waals surface area contributed by atoms with E-state index in [4.69, 9.17) is 17.0 Å². The van der Waals surface area contributed by atoms with Gasteiger partial charge in [-0.25, -0.2) is 4.79 Å². The average Bonchev–Trinajstić information content (AvgIpc) is 2.56. The first-order valence-electron chi connectivity index (χ1n) is 7.50. The summed E-state index contributed by atoms with van der Waals surface area (Å²) in [4.78, 5) is 23.5. The van der Waals surface area contributed by atoms with Crippen molar-refractivity contribution in [2.75, 3.05) is 11.9 Å². The van der Waals surface area contributed by atoms with Gasteiger partial charge in [0.1, 0.15) is 0 Å². The molecule has 0 aliphatic carbocycles. The fourth-order valence-electron chi connectivity index (χ4n) is 2.02. The molecule has 0 unspecified atom stereocenters. The number of anilines is 1. The van der Waals surface area contributed by atoms with Crippen LogP contribution < -0.4 is 10.6 Å². The molecule has 6 heteroatoms. The van der Waals surface area contributed by atoms with Gasteiger partial charge in [0.25, 0.3) is 0 Å². The molecule has 0 spiro atoms. The lowest BCUT2D eigenvalue weighted by atomic mass is 10.1. The molecule has 2 N–H and O–H groups in total. The van der Waals surface area contributed by atoms with Crippen LogP contribution in [0, 0.1) is 0 Å². The van der Waals surface area contributed by atoms with Gasteiger partial charge in [-0.05, 0) is 49.0 Å². The fraction of sp³-hybridized carbons (Fsp3) is 0.167. The van der Waals surface area contributed by atoms with E-state index in [0.29, 0.717) is 17.9 Å². The van der Waals surface area contributed by atoms with Gasteiger partial charge in [0.15, 0.2) is 5.11 Å². The Labute approximate surface area is 146 Å². The van der Waals surface area contributed by atoms with E-state index < -0.39 is 0 Å². The summed E-state index contributed by atoms with van der Waals surface area (Å²) in [5.41, 5.74) is 2.05. The minimum atomic E-state index is -0.372. The van der Waals surface area contributed by atoms with E-state index in [0.717, 1.165) is 5.56 Å². The van der Waals surface area contributed by atoms with E-state index in [1.54, 1.807) is 31.2 Å². The Hall–Kier alpha value is -2.73. The first-order valence-corrected chi connectivity index (χ1v) is 7.91. The summed E-state index contributed by atoms with van der Waals surface area (Å²) in [5.74, 6) is -0.565. The van der Waals surface area contributed by atoms with Crippen LogP contribution in [-0.2, 0) is 16.0 Å². The van der Waals surface area contributed by atoms with Crippen molar-refractivity contribution in [3.63, 3.8) is 0 Å². The largest absolute Gasteiger partial charge is 0.462 e. The second-order valence-electron chi connectivity index (χ2n) is 4.96. The Kier molecular flexibility index (Phi) is 6.45. The number of benzene rings is 2. The van der Waals surface area contributed by atoms with Crippen LogP contribution in [0.3, 0.4) is 0 Å². The molecule has 124 valence electrons. The molecular formula is C18H18N2O3S. The number of amides is 1. The zero-order valence-corrected chi connectivity index (χ0v) is 14.1. The van der Waals surface area contributed by atoms with Crippen molar-refractivity contribution in [1.29, 1.82) is 0 Å². The molecule has 0 saturated carbocycles. The number of hydrogen-bond acceptors (Lipinski definition) is 4. The molecule has 0 atom stereocenters. The van der Waals surface area contributed by atoms with E-state index in [9.17, 15) is 9.59 Å². The molecule has 0 aromatic heterocycles. The zero-order valence-electron chi connectivity index (χ0n) is 13.2. The van der Waals surface area contributed by atoms with Gasteiger partial charge in [0.05, 0.1) is 18.6 Å². The van der Waals surface area contributed by atoms with Crippen molar-refractivity contribution >= 4 is 34.9 Å². The number of esters is 1. The monoisotopic (exact) mass is 342 g/mol. The Bertz CT molecular complexity index is 715. The van der Waals surface area contributed by atoms with Gasteiger partial charge in [0.2, 0.25) is 5.91 Å². The normalized spacial score (nSPS) is 9.88. The van der Waals surface area contributed by atoms with E-state index in [-0.39, 0.29) is 23.4 Å². The Morgan fingerprint density at radius 2 is 1.71 bits per heavy atom. The smallest absolute Gasteiger partial charge is 0.338 e. The number of ether oxygens (including phenoxy) is 1. The summed E-state index contributed by atoms with van der Waals surface area (Å²) in [6, 6.07) is 16.1. The molecule has 2 aromatic carbocycles. The Morgan fingerprint density at radius 3 is 2.33 bits per heavy atom. The van der Waals surface area contributed by atoms with Crippen molar-refractivity contribution in [2.24, 2.45) is 0 Å². The summed E-state index contributed by atoms with van der Waals surface area (Å²) in [6.07, 6.45) is 0.254. The quantitative estimate of drug-likeness (QED) is 0.646. The molecule has 0 aliphatic rings. The minimum absolute atomic E-state index is 0.193. The second-order valence-corrected chi connectivity index (χ2v) is 5.37. The topological polar surface area (TPSA) is 67.4 Å². The average molecular weight is 342 g/mol. The third kappa shape index (κ3) is 5.48. The molecule has 0 radical (unpaired) electrons. The SMILES string of the molecule is CCOC(=O)c1ccc(NC(=S)NC(=O)Cc2ccccc2)cc1. The van der Waals surface area contributed by atoms with Crippen LogP contribution in [0.4, 0.5) is 5.69 Å². The van der Waals surface area contributed by atoms with Crippen LogP contribution in [-0.4, -0.2) is 23.6 Å².